The topological polar surface area (TPSA) is 43.6 Å². The number of tetrazole rings is 1. The Labute approximate surface area is 120 Å². The summed E-state index contributed by atoms with van der Waals surface area (Å²) in [4.78, 5) is 0. The molecule has 0 spiro atoms. The van der Waals surface area contributed by atoms with Gasteiger partial charge in [-0.3, -0.25) is 0 Å². The summed E-state index contributed by atoms with van der Waals surface area (Å²) in [5, 5.41) is 10.9. The molecule has 0 atom stereocenters. The van der Waals surface area contributed by atoms with Crippen LogP contribution in [0, 0.1) is 11.9 Å². The van der Waals surface area contributed by atoms with Crippen LogP contribution in [0.25, 0.3) is 27.2 Å². The minimum absolute atomic E-state index is 0.108. The highest BCUT2D eigenvalue weighted by molar-refractivity contribution is 6.15. The number of halogens is 4. The molecule has 8 heteroatoms. The number of aromatic nitrogens is 4. The molecule has 0 fully saturated rings. The fourth-order valence-corrected chi connectivity index (χ4v) is 2.65. The van der Waals surface area contributed by atoms with E-state index in [2.05, 4.69) is 21.6 Å². The Bertz CT molecular complexity index is 976. The highest BCUT2D eigenvalue weighted by Crippen LogP contribution is 2.42. The van der Waals surface area contributed by atoms with Crippen molar-refractivity contribution in [1.82, 2.24) is 20.2 Å². The molecular formula is C14H5F4N4. The third kappa shape index (κ3) is 1.66. The second-order valence-electron chi connectivity index (χ2n) is 4.75. The van der Waals surface area contributed by atoms with Gasteiger partial charge in [-0.15, -0.1) is 5.10 Å². The van der Waals surface area contributed by atoms with Gasteiger partial charge in [-0.1, -0.05) is 12.1 Å². The molecule has 0 saturated carbocycles. The molecule has 109 valence electrons. The zero-order chi connectivity index (χ0) is 15.5. The lowest BCUT2D eigenvalue weighted by molar-refractivity contribution is -0.136. The SMILES string of the molecule is Fc1cc2ccc1c1c(C(F)(F)F)[c]cc(-n3cnnn3)c21. The van der Waals surface area contributed by atoms with Crippen molar-refractivity contribution in [1.29, 1.82) is 0 Å². The largest absolute Gasteiger partial charge is 0.417 e. The molecule has 2 bridgehead atoms. The Hall–Kier alpha value is -2.77. The maximum Gasteiger partial charge on any atom is 0.417 e. The molecule has 1 aromatic heterocycles. The van der Waals surface area contributed by atoms with E-state index in [0.29, 0.717) is 11.1 Å². The van der Waals surface area contributed by atoms with E-state index in [1.54, 1.807) is 6.07 Å². The molecular weight excluding hydrogens is 300 g/mol. The molecule has 0 aliphatic carbocycles. The predicted molar refractivity (Wildman–Crippen MR) is 69.1 cm³/mol. The number of nitrogens with zero attached hydrogens (tertiary/aromatic N) is 4. The number of fused-ring (bicyclic) bond motifs is 2. The standard InChI is InChI=1S/C14H5F4N4/c15-10-5-7-1-2-8(10)13-9(14(16,17)18)3-4-11(12(7)13)22-6-19-20-21-22/h1-2,4-6H. The maximum atomic E-state index is 13.9. The molecule has 0 unspecified atom stereocenters. The fourth-order valence-electron chi connectivity index (χ4n) is 2.65. The first-order chi connectivity index (χ1) is 10.5. The van der Waals surface area contributed by atoms with Gasteiger partial charge in [-0.25, -0.2) is 4.39 Å². The van der Waals surface area contributed by atoms with Crippen molar-refractivity contribution >= 4 is 21.5 Å². The van der Waals surface area contributed by atoms with E-state index in [4.69, 9.17) is 0 Å². The first-order valence-electron chi connectivity index (χ1n) is 6.16. The molecule has 5 rings (SSSR count). The van der Waals surface area contributed by atoms with Crippen LogP contribution in [0.4, 0.5) is 17.6 Å². The number of alkyl halides is 3. The zero-order valence-electron chi connectivity index (χ0n) is 10.7. The van der Waals surface area contributed by atoms with Crippen molar-refractivity contribution in [2.75, 3.05) is 0 Å². The Morgan fingerprint density at radius 1 is 1.14 bits per heavy atom. The summed E-state index contributed by atoms with van der Waals surface area (Å²) in [5.41, 5.74) is -0.687. The highest BCUT2D eigenvalue weighted by Gasteiger charge is 2.35. The van der Waals surface area contributed by atoms with Gasteiger partial charge >= 0.3 is 6.18 Å². The maximum absolute atomic E-state index is 13.9. The van der Waals surface area contributed by atoms with Crippen molar-refractivity contribution in [2.24, 2.45) is 0 Å². The van der Waals surface area contributed by atoms with Crippen LogP contribution in [-0.4, -0.2) is 20.2 Å². The number of hydrogen-bond acceptors (Lipinski definition) is 3. The van der Waals surface area contributed by atoms with Gasteiger partial charge in [0.15, 0.2) is 0 Å². The van der Waals surface area contributed by atoms with Crippen molar-refractivity contribution in [2.45, 2.75) is 6.18 Å². The molecule has 1 heterocycles. The van der Waals surface area contributed by atoms with Crippen molar-refractivity contribution < 1.29 is 17.6 Å². The zero-order valence-corrected chi connectivity index (χ0v) is 10.7. The summed E-state index contributed by atoms with van der Waals surface area (Å²) >= 11 is 0. The Kier molecular flexibility index (Phi) is 2.42. The lowest BCUT2D eigenvalue weighted by Gasteiger charge is -2.17. The van der Waals surface area contributed by atoms with Crippen LogP contribution >= 0.6 is 0 Å². The van der Waals surface area contributed by atoms with Gasteiger partial charge in [0.2, 0.25) is 0 Å². The van der Waals surface area contributed by atoms with Crippen molar-refractivity contribution in [3.8, 4) is 5.69 Å². The van der Waals surface area contributed by atoms with E-state index in [1.165, 1.54) is 23.1 Å². The molecule has 4 nitrogen and oxygen atoms in total. The smallest absolute Gasteiger partial charge is 0.206 e. The van der Waals surface area contributed by atoms with Gasteiger partial charge in [0.05, 0.1) is 11.3 Å². The average molecular weight is 305 g/mol. The van der Waals surface area contributed by atoms with Crippen LogP contribution in [0.3, 0.4) is 0 Å². The second-order valence-corrected chi connectivity index (χ2v) is 4.75. The lowest BCUT2D eigenvalue weighted by Crippen LogP contribution is -2.09. The van der Waals surface area contributed by atoms with Crippen LogP contribution in [0.1, 0.15) is 5.56 Å². The summed E-state index contributed by atoms with van der Waals surface area (Å²) in [6, 6.07) is 7.45. The van der Waals surface area contributed by atoms with E-state index >= 15 is 0 Å². The molecule has 0 saturated heterocycles. The van der Waals surface area contributed by atoms with Gasteiger partial charge in [0.1, 0.15) is 12.1 Å². The van der Waals surface area contributed by atoms with Crippen molar-refractivity contribution in [3.63, 3.8) is 0 Å². The molecule has 0 N–H and O–H groups in total. The summed E-state index contributed by atoms with van der Waals surface area (Å²) < 4.78 is 54.9. The molecule has 22 heavy (non-hydrogen) atoms. The van der Waals surface area contributed by atoms with Crippen molar-refractivity contribution in [3.05, 3.63) is 48.0 Å². The highest BCUT2D eigenvalue weighted by atomic mass is 19.4. The fraction of sp³-hybridized carbons (Fsp3) is 0.0714. The Balaban J connectivity index is 2.23. The molecule has 4 aromatic carbocycles. The minimum atomic E-state index is -4.64. The first kappa shape index (κ1) is 12.9. The number of benzene rings is 4. The van der Waals surface area contributed by atoms with Gasteiger partial charge in [-0.2, -0.15) is 17.9 Å². The second kappa shape index (κ2) is 4.12. The minimum Gasteiger partial charge on any atom is -0.206 e. The van der Waals surface area contributed by atoms with E-state index < -0.39 is 17.6 Å². The van der Waals surface area contributed by atoms with Crippen LogP contribution < -0.4 is 0 Å². The van der Waals surface area contributed by atoms with Gasteiger partial charge in [-0.05, 0) is 34.0 Å². The van der Waals surface area contributed by atoms with Gasteiger partial charge in [0.25, 0.3) is 0 Å². The van der Waals surface area contributed by atoms with Crippen LogP contribution in [0.5, 0.6) is 0 Å². The third-order valence-corrected chi connectivity index (χ3v) is 3.52. The van der Waals surface area contributed by atoms with E-state index in [1.807, 2.05) is 0 Å². The van der Waals surface area contributed by atoms with Gasteiger partial charge < -0.3 is 0 Å². The quantitative estimate of drug-likeness (QED) is 0.506. The van der Waals surface area contributed by atoms with E-state index in [0.717, 1.165) is 6.07 Å². The first-order valence-corrected chi connectivity index (χ1v) is 6.16. The lowest BCUT2D eigenvalue weighted by atomic mass is 9.93. The molecule has 0 aliphatic heterocycles. The normalized spacial score (nSPS) is 12.5. The number of rotatable bonds is 1. The predicted octanol–water partition coefficient (Wildman–Crippen LogP) is 3.36. The molecule has 5 aromatic rings. The van der Waals surface area contributed by atoms with Crippen LogP contribution in [0.2, 0.25) is 0 Å². The van der Waals surface area contributed by atoms with Crippen LogP contribution in [0.15, 0.2) is 30.6 Å². The summed E-state index contributed by atoms with van der Waals surface area (Å²) in [7, 11) is 0. The third-order valence-electron chi connectivity index (χ3n) is 3.52. The average Bonchev–Trinajstić information content (AvgIpc) is 2.99. The molecule has 1 radical (unpaired) electrons. The van der Waals surface area contributed by atoms with Gasteiger partial charge in [0, 0.05) is 16.2 Å². The van der Waals surface area contributed by atoms with Crippen LogP contribution in [-0.2, 0) is 6.18 Å². The number of hydrogen-bond donors (Lipinski definition) is 0. The Morgan fingerprint density at radius 2 is 1.95 bits per heavy atom. The van der Waals surface area contributed by atoms with E-state index in [-0.39, 0.29) is 16.2 Å². The Morgan fingerprint density at radius 3 is 2.59 bits per heavy atom. The summed E-state index contributed by atoms with van der Waals surface area (Å²) in [6.45, 7) is 0. The monoisotopic (exact) mass is 305 g/mol. The summed E-state index contributed by atoms with van der Waals surface area (Å²) in [6.07, 6.45) is -3.38. The van der Waals surface area contributed by atoms with E-state index in [9.17, 15) is 17.6 Å². The molecule has 0 aliphatic rings. The summed E-state index contributed by atoms with van der Waals surface area (Å²) in [5.74, 6) is -0.697. The molecule has 0 amide bonds.